The van der Waals surface area contributed by atoms with Crippen LogP contribution in [-0.2, 0) is 5.41 Å². The Labute approximate surface area is 92.9 Å². The number of rotatable bonds is 1. The molecule has 0 radical (unpaired) electrons. The molecule has 82 valence electrons. The van der Waals surface area contributed by atoms with Gasteiger partial charge in [-0.15, -0.1) is 0 Å². The summed E-state index contributed by atoms with van der Waals surface area (Å²) < 4.78 is 0. The third kappa shape index (κ3) is 2.40. The smallest absolute Gasteiger partial charge is 0.112 e. The van der Waals surface area contributed by atoms with Gasteiger partial charge in [0.2, 0.25) is 0 Å². The minimum Gasteiger partial charge on any atom is -0.340 e. The van der Waals surface area contributed by atoms with Crippen LogP contribution in [0.2, 0.25) is 0 Å². The summed E-state index contributed by atoms with van der Waals surface area (Å²) in [5.41, 5.74) is 3.21. The van der Waals surface area contributed by atoms with Gasteiger partial charge in [0.25, 0.3) is 0 Å². The molecular formula is C14H22N+. The lowest BCUT2D eigenvalue weighted by Gasteiger charge is -2.19. The lowest BCUT2D eigenvalue weighted by atomic mass is 9.86. The molecule has 2 rings (SSSR count). The number of quaternary nitrogens is 1. The van der Waals surface area contributed by atoms with E-state index in [9.17, 15) is 0 Å². The van der Waals surface area contributed by atoms with E-state index in [-0.39, 0.29) is 5.41 Å². The van der Waals surface area contributed by atoms with Crippen LogP contribution in [0.25, 0.3) is 0 Å². The van der Waals surface area contributed by atoms with Gasteiger partial charge in [-0.1, -0.05) is 45.0 Å². The fraction of sp³-hybridized carbons (Fsp3) is 0.571. The molecule has 0 unspecified atom stereocenters. The summed E-state index contributed by atoms with van der Waals surface area (Å²) in [5, 5.41) is 2.46. The highest BCUT2D eigenvalue weighted by Gasteiger charge is 2.21. The first-order valence-electron chi connectivity index (χ1n) is 6.01. The molecule has 1 heterocycles. The van der Waals surface area contributed by atoms with Gasteiger partial charge in [0.05, 0.1) is 6.54 Å². The van der Waals surface area contributed by atoms with Crippen molar-refractivity contribution in [3.05, 3.63) is 35.4 Å². The third-order valence-electron chi connectivity index (χ3n) is 3.38. The SMILES string of the molecule is CC(C)(C)c1ccc([C@H]2CCC[NH2+]2)cc1. The second-order valence-electron chi connectivity index (χ2n) is 5.65. The van der Waals surface area contributed by atoms with E-state index in [0.29, 0.717) is 0 Å². The first kappa shape index (κ1) is 10.7. The summed E-state index contributed by atoms with van der Waals surface area (Å²) >= 11 is 0. The molecule has 2 N–H and O–H groups in total. The molecule has 1 aromatic carbocycles. The van der Waals surface area contributed by atoms with E-state index in [1.54, 1.807) is 0 Å². The molecule has 1 heteroatoms. The molecule has 1 nitrogen and oxygen atoms in total. The van der Waals surface area contributed by atoms with Crippen molar-refractivity contribution in [3.8, 4) is 0 Å². The number of nitrogens with two attached hydrogens (primary N) is 1. The quantitative estimate of drug-likeness (QED) is 0.723. The Kier molecular flexibility index (Phi) is 2.83. The van der Waals surface area contributed by atoms with Crippen LogP contribution in [0.1, 0.15) is 50.8 Å². The fourth-order valence-electron chi connectivity index (χ4n) is 2.31. The van der Waals surface area contributed by atoms with Crippen LogP contribution in [0.15, 0.2) is 24.3 Å². The molecule has 0 aromatic heterocycles. The summed E-state index contributed by atoms with van der Waals surface area (Å²) in [6.07, 6.45) is 2.71. The number of hydrogen-bond donors (Lipinski definition) is 1. The molecule has 1 aromatic rings. The van der Waals surface area contributed by atoms with Gasteiger partial charge in [-0.25, -0.2) is 0 Å². The van der Waals surface area contributed by atoms with E-state index >= 15 is 0 Å². The van der Waals surface area contributed by atoms with Gasteiger partial charge in [-0.05, 0) is 11.0 Å². The Morgan fingerprint density at radius 2 is 1.80 bits per heavy atom. The highest BCUT2D eigenvalue weighted by atomic mass is 14.9. The zero-order valence-electron chi connectivity index (χ0n) is 10.1. The summed E-state index contributed by atoms with van der Waals surface area (Å²) in [7, 11) is 0. The highest BCUT2D eigenvalue weighted by molar-refractivity contribution is 5.28. The third-order valence-corrected chi connectivity index (χ3v) is 3.38. The summed E-state index contributed by atoms with van der Waals surface area (Å²) in [6, 6.07) is 9.93. The van der Waals surface area contributed by atoms with Crippen molar-refractivity contribution in [2.24, 2.45) is 0 Å². The van der Waals surface area contributed by atoms with E-state index in [1.165, 1.54) is 30.5 Å². The van der Waals surface area contributed by atoms with E-state index in [2.05, 4.69) is 50.4 Å². The Morgan fingerprint density at radius 1 is 1.13 bits per heavy atom. The normalized spacial score (nSPS) is 21.9. The predicted octanol–water partition coefficient (Wildman–Crippen LogP) is 2.38. The van der Waals surface area contributed by atoms with Crippen molar-refractivity contribution in [3.63, 3.8) is 0 Å². The van der Waals surface area contributed by atoms with Gasteiger partial charge in [-0.2, -0.15) is 0 Å². The molecule has 0 saturated carbocycles. The van der Waals surface area contributed by atoms with E-state index in [0.717, 1.165) is 6.04 Å². The Balaban J connectivity index is 2.16. The van der Waals surface area contributed by atoms with Gasteiger partial charge in [-0.3, -0.25) is 0 Å². The molecule has 1 fully saturated rings. The molecule has 0 amide bonds. The topological polar surface area (TPSA) is 16.6 Å². The second kappa shape index (κ2) is 3.97. The van der Waals surface area contributed by atoms with Crippen molar-refractivity contribution in [2.75, 3.05) is 6.54 Å². The Bertz CT molecular complexity index is 312. The highest BCUT2D eigenvalue weighted by Crippen LogP contribution is 2.24. The zero-order valence-corrected chi connectivity index (χ0v) is 10.1. The lowest BCUT2D eigenvalue weighted by Crippen LogP contribution is -2.81. The van der Waals surface area contributed by atoms with Crippen LogP contribution in [0.3, 0.4) is 0 Å². The largest absolute Gasteiger partial charge is 0.340 e. The molecule has 1 saturated heterocycles. The maximum Gasteiger partial charge on any atom is 0.112 e. The van der Waals surface area contributed by atoms with Crippen LogP contribution in [0, 0.1) is 0 Å². The van der Waals surface area contributed by atoms with Gasteiger partial charge in [0, 0.05) is 18.4 Å². The number of benzene rings is 1. The van der Waals surface area contributed by atoms with Gasteiger partial charge >= 0.3 is 0 Å². The Morgan fingerprint density at radius 3 is 2.27 bits per heavy atom. The monoisotopic (exact) mass is 204 g/mol. The van der Waals surface area contributed by atoms with Crippen LogP contribution in [0.5, 0.6) is 0 Å². The predicted molar refractivity (Wildman–Crippen MR) is 63.9 cm³/mol. The van der Waals surface area contributed by atoms with Crippen molar-refractivity contribution in [2.45, 2.75) is 45.1 Å². The summed E-state index contributed by atoms with van der Waals surface area (Å²) in [6.45, 7) is 8.10. The summed E-state index contributed by atoms with van der Waals surface area (Å²) in [5.74, 6) is 0. The number of hydrogen-bond acceptors (Lipinski definition) is 0. The molecule has 1 atom stereocenters. The van der Waals surface area contributed by atoms with Gasteiger partial charge < -0.3 is 5.32 Å². The molecular weight excluding hydrogens is 182 g/mol. The lowest BCUT2D eigenvalue weighted by molar-refractivity contribution is -0.676. The summed E-state index contributed by atoms with van der Waals surface area (Å²) in [4.78, 5) is 0. The molecule has 0 spiro atoms. The van der Waals surface area contributed by atoms with Crippen LogP contribution < -0.4 is 5.32 Å². The molecule has 0 aliphatic carbocycles. The molecule has 15 heavy (non-hydrogen) atoms. The average molecular weight is 204 g/mol. The maximum atomic E-state index is 2.46. The van der Waals surface area contributed by atoms with Crippen molar-refractivity contribution in [1.29, 1.82) is 0 Å². The minimum absolute atomic E-state index is 0.276. The van der Waals surface area contributed by atoms with Crippen LogP contribution >= 0.6 is 0 Å². The molecule has 1 aliphatic heterocycles. The zero-order chi connectivity index (χ0) is 10.9. The minimum atomic E-state index is 0.276. The first-order valence-corrected chi connectivity index (χ1v) is 6.01. The van der Waals surface area contributed by atoms with E-state index < -0.39 is 0 Å². The van der Waals surface area contributed by atoms with Crippen LogP contribution in [0.4, 0.5) is 0 Å². The van der Waals surface area contributed by atoms with Crippen LogP contribution in [-0.4, -0.2) is 6.54 Å². The van der Waals surface area contributed by atoms with E-state index in [1.807, 2.05) is 0 Å². The van der Waals surface area contributed by atoms with Gasteiger partial charge in [0.15, 0.2) is 0 Å². The standard InChI is InChI=1S/C14H21N/c1-14(2,3)12-8-6-11(7-9-12)13-5-4-10-15-13/h6-9,13,15H,4-5,10H2,1-3H3/p+1/t13-/m1/s1. The first-order chi connectivity index (χ1) is 7.07. The van der Waals surface area contributed by atoms with Gasteiger partial charge in [0.1, 0.15) is 6.04 Å². The maximum absolute atomic E-state index is 2.46. The average Bonchev–Trinajstić information content (AvgIpc) is 2.69. The van der Waals surface area contributed by atoms with Crippen molar-refractivity contribution < 1.29 is 5.32 Å². The molecule has 0 bridgehead atoms. The molecule has 1 aliphatic rings. The fourth-order valence-corrected chi connectivity index (χ4v) is 2.31. The Hall–Kier alpha value is -0.820. The van der Waals surface area contributed by atoms with E-state index in [4.69, 9.17) is 0 Å². The van der Waals surface area contributed by atoms with Crippen molar-refractivity contribution in [1.82, 2.24) is 0 Å². The van der Waals surface area contributed by atoms with Crippen molar-refractivity contribution >= 4 is 0 Å². The second-order valence-corrected chi connectivity index (χ2v) is 5.65.